The van der Waals surface area contributed by atoms with Gasteiger partial charge in [-0.1, -0.05) is 25.0 Å². The molecule has 10 heteroatoms. The van der Waals surface area contributed by atoms with Crippen molar-refractivity contribution in [1.82, 2.24) is 19.8 Å². The predicted octanol–water partition coefficient (Wildman–Crippen LogP) is 5.04. The van der Waals surface area contributed by atoms with Crippen molar-refractivity contribution in [3.8, 4) is 0 Å². The van der Waals surface area contributed by atoms with E-state index in [4.69, 9.17) is 0 Å². The van der Waals surface area contributed by atoms with Gasteiger partial charge < -0.3 is 15.5 Å². The monoisotopic (exact) mass is 490 g/mol. The Morgan fingerprint density at radius 3 is 2.37 bits per heavy atom. The van der Waals surface area contributed by atoms with Gasteiger partial charge in [-0.25, -0.2) is 4.98 Å². The molecule has 4 rings (SSSR count). The number of rotatable bonds is 9. The molecule has 1 aromatic heterocycles. The summed E-state index contributed by atoms with van der Waals surface area (Å²) in [6, 6.07) is 7.84. The maximum atomic E-state index is 13.5. The highest BCUT2D eigenvalue weighted by atomic mass is 19.4. The zero-order chi connectivity index (χ0) is 24.7. The molecule has 35 heavy (non-hydrogen) atoms. The Morgan fingerprint density at radius 2 is 1.71 bits per heavy atom. The minimum absolute atomic E-state index is 0.0930. The first kappa shape index (κ1) is 25.2. The fraction of sp³-hybridized carbons (Fsp3) is 0.560. The van der Waals surface area contributed by atoms with Gasteiger partial charge in [-0.3, -0.25) is 9.69 Å². The van der Waals surface area contributed by atoms with Gasteiger partial charge in [-0.2, -0.15) is 18.2 Å². The van der Waals surface area contributed by atoms with E-state index < -0.39 is 11.7 Å². The molecule has 1 aromatic carbocycles. The summed E-state index contributed by atoms with van der Waals surface area (Å²) in [5.74, 6) is -0.0667. The standard InChI is InChI=1S/C25H33F3N6O/c26-25(27,28)21-17-30-24(32-23(21)29-12-6-16-34-15-5-7-22(34)35)31-20-10-8-19(9-11-20)18-33-13-3-1-2-4-14-33/h8-11,17H,1-7,12-16,18H2,(H2,29,30,31,32). The van der Waals surface area contributed by atoms with E-state index in [1.165, 1.54) is 31.2 Å². The van der Waals surface area contributed by atoms with Gasteiger partial charge in [0.2, 0.25) is 11.9 Å². The molecule has 3 heterocycles. The first-order valence-electron chi connectivity index (χ1n) is 12.4. The van der Waals surface area contributed by atoms with E-state index in [1.807, 2.05) is 24.3 Å². The number of anilines is 3. The van der Waals surface area contributed by atoms with Crippen LogP contribution in [0.1, 0.15) is 56.1 Å². The average molecular weight is 491 g/mol. The quantitative estimate of drug-likeness (QED) is 0.480. The van der Waals surface area contributed by atoms with Crippen LogP contribution in [-0.2, 0) is 17.5 Å². The first-order chi connectivity index (χ1) is 16.9. The lowest BCUT2D eigenvalue weighted by Crippen LogP contribution is -2.27. The molecular weight excluding hydrogens is 457 g/mol. The SMILES string of the molecule is O=C1CCCN1CCCNc1nc(Nc2ccc(CN3CCCCCC3)cc2)ncc1C(F)(F)F. The Balaban J connectivity index is 1.36. The second-order valence-corrected chi connectivity index (χ2v) is 9.23. The van der Waals surface area contributed by atoms with Crippen LogP contribution in [0.4, 0.5) is 30.6 Å². The highest BCUT2D eigenvalue weighted by molar-refractivity contribution is 5.78. The van der Waals surface area contributed by atoms with Gasteiger partial charge in [-0.15, -0.1) is 0 Å². The topological polar surface area (TPSA) is 73.4 Å². The Bertz CT molecular complexity index is 974. The molecule has 0 atom stereocenters. The maximum absolute atomic E-state index is 13.5. The van der Waals surface area contributed by atoms with Crippen molar-refractivity contribution in [3.63, 3.8) is 0 Å². The normalized spacial score (nSPS) is 17.5. The van der Waals surface area contributed by atoms with E-state index in [9.17, 15) is 18.0 Å². The minimum Gasteiger partial charge on any atom is -0.369 e. The molecule has 0 aliphatic carbocycles. The van der Waals surface area contributed by atoms with Gasteiger partial charge >= 0.3 is 6.18 Å². The third-order valence-corrected chi connectivity index (χ3v) is 6.48. The predicted molar refractivity (Wildman–Crippen MR) is 129 cm³/mol. The summed E-state index contributed by atoms with van der Waals surface area (Å²) in [6.45, 7) is 4.63. The number of nitrogens with zero attached hydrogens (tertiary/aromatic N) is 4. The fourth-order valence-corrected chi connectivity index (χ4v) is 4.58. The molecular formula is C25H33F3N6O. The lowest BCUT2D eigenvalue weighted by Gasteiger charge is -2.20. The van der Waals surface area contributed by atoms with Crippen LogP contribution < -0.4 is 10.6 Å². The number of halogens is 3. The summed E-state index contributed by atoms with van der Waals surface area (Å²) in [5, 5.41) is 5.80. The molecule has 2 aliphatic heterocycles. The van der Waals surface area contributed by atoms with E-state index in [2.05, 4.69) is 25.5 Å². The minimum atomic E-state index is -4.57. The van der Waals surface area contributed by atoms with Crippen molar-refractivity contribution < 1.29 is 18.0 Å². The van der Waals surface area contributed by atoms with Gasteiger partial charge in [0, 0.05) is 44.5 Å². The maximum Gasteiger partial charge on any atom is 0.421 e. The van der Waals surface area contributed by atoms with Crippen LogP contribution >= 0.6 is 0 Å². The second-order valence-electron chi connectivity index (χ2n) is 9.23. The number of alkyl halides is 3. The summed E-state index contributed by atoms with van der Waals surface area (Å²) in [7, 11) is 0. The smallest absolute Gasteiger partial charge is 0.369 e. The van der Waals surface area contributed by atoms with Crippen LogP contribution in [-0.4, -0.2) is 58.4 Å². The lowest BCUT2D eigenvalue weighted by atomic mass is 10.2. The molecule has 2 N–H and O–H groups in total. The number of hydrogen-bond donors (Lipinski definition) is 2. The van der Waals surface area contributed by atoms with Gasteiger partial charge in [0.25, 0.3) is 0 Å². The van der Waals surface area contributed by atoms with Crippen molar-refractivity contribution in [2.45, 2.75) is 57.7 Å². The fourth-order valence-electron chi connectivity index (χ4n) is 4.58. The van der Waals surface area contributed by atoms with Crippen molar-refractivity contribution in [1.29, 1.82) is 0 Å². The number of amides is 1. The highest BCUT2D eigenvalue weighted by Crippen LogP contribution is 2.34. The molecule has 7 nitrogen and oxygen atoms in total. The average Bonchev–Trinajstić information content (AvgIpc) is 3.06. The van der Waals surface area contributed by atoms with E-state index in [1.54, 1.807) is 4.90 Å². The Labute approximate surface area is 204 Å². The molecule has 0 spiro atoms. The number of benzene rings is 1. The largest absolute Gasteiger partial charge is 0.421 e. The lowest BCUT2D eigenvalue weighted by molar-refractivity contribution is -0.137. The number of carbonyl (C=O) groups is 1. The third-order valence-electron chi connectivity index (χ3n) is 6.48. The summed E-state index contributed by atoms with van der Waals surface area (Å²) >= 11 is 0. The van der Waals surface area contributed by atoms with Gasteiger partial charge in [0.15, 0.2) is 0 Å². The Morgan fingerprint density at radius 1 is 0.971 bits per heavy atom. The molecule has 190 valence electrons. The summed E-state index contributed by atoms with van der Waals surface area (Å²) in [5.41, 5.74) is 1.00. The van der Waals surface area contributed by atoms with E-state index in [-0.39, 0.29) is 24.2 Å². The van der Waals surface area contributed by atoms with Crippen LogP contribution in [0.5, 0.6) is 0 Å². The highest BCUT2D eigenvalue weighted by Gasteiger charge is 2.35. The molecule has 1 amide bonds. The zero-order valence-corrected chi connectivity index (χ0v) is 19.9. The Kier molecular flexibility index (Phi) is 8.43. The molecule has 2 saturated heterocycles. The van der Waals surface area contributed by atoms with Crippen molar-refractivity contribution in [2.24, 2.45) is 0 Å². The third kappa shape index (κ3) is 7.30. The number of aromatic nitrogens is 2. The van der Waals surface area contributed by atoms with Crippen LogP contribution in [0.15, 0.2) is 30.5 Å². The number of likely N-dealkylation sites (tertiary alicyclic amines) is 2. The first-order valence-corrected chi connectivity index (χ1v) is 12.4. The van der Waals surface area contributed by atoms with E-state index >= 15 is 0 Å². The summed E-state index contributed by atoms with van der Waals surface area (Å²) < 4.78 is 40.4. The van der Waals surface area contributed by atoms with Crippen molar-refractivity contribution >= 4 is 23.4 Å². The number of hydrogen-bond acceptors (Lipinski definition) is 6. The molecule has 0 unspecified atom stereocenters. The molecule has 0 radical (unpaired) electrons. The van der Waals surface area contributed by atoms with E-state index in [0.717, 1.165) is 32.3 Å². The summed E-state index contributed by atoms with van der Waals surface area (Å²) in [6.07, 6.45) is 3.21. The van der Waals surface area contributed by atoms with Crippen molar-refractivity contribution in [2.75, 3.05) is 43.4 Å². The Hall–Kier alpha value is -2.88. The van der Waals surface area contributed by atoms with Gasteiger partial charge in [0.1, 0.15) is 11.4 Å². The number of carbonyl (C=O) groups excluding carboxylic acids is 1. The molecule has 2 aliphatic rings. The molecule has 2 aromatic rings. The number of nitrogens with one attached hydrogen (secondary N) is 2. The van der Waals surface area contributed by atoms with Crippen LogP contribution in [0.3, 0.4) is 0 Å². The van der Waals surface area contributed by atoms with Crippen LogP contribution in [0.25, 0.3) is 0 Å². The molecule has 0 saturated carbocycles. The van der Waals surface area contributed by atoms with Gasteiger partial charge in [-0.05, 0) is 56.5 Å². The van der Waals surface area contributed by atoms with Gasteiger partial charge in [0.05, 0.1) is 0 Å². The molecule has 0 bridgehead atoms. The molecule has 2 fully saturated rings. The van der Waals surface area contributed by atoms with E-state index in [0.29, 0.717) is 31.6 Å². The second kappa shape index (κ2) is 11.7. The van der Waals surface area contributed by atoms with Crippen molar-refractivity contribution in [3.05, 3.63) is 41.6 Å². The summed E-state index contributed by atoms with van der Waals surface area (Å²) in [4.78, 5) is 23.9. The van der Waals surface area contributed by atoms with Crippen LogP contribution in [0.2, 0.25) is 0 Å². The van der Waals surface area contributed by atoms with Crippen LogP contribution in [0, 0.1) is 0 Å². The zero-order valence-electron chi connectivity index (χ0n) is 19.9.